The van der Waals surface area contributed by atoms with Crippen LogP contribution in [0.25, 0.3) is 21.9 Å². The smallest absolute Gasteiger partial charge is 0.336 e. The Bertz CT molecular complexity index is 1050. The maximum absolute atomic E-state index is 12.3. The summed E-state index contributed by atoms with van der Waals surface area (Å²) in [6.45, 7) is 0.493. The van der Waals surface area contributed by atoms with Crippen LogP contribution < -0.4 is 11.5 Å². The number of hydrogen-bond donors (Lipinski definition) is 4. The summed E-state index contributed by atoms with van der Waals surface area (Å²) in [4.78, 5) is 24.1. The van der Waals surface area contributed by atoms with Crippen LogP contribution in [0.4, 0.5) is 5.69 Å². The maximum Gasteiger partial charge on any atom is 0.336 e. The van der Waals surface area contributed by atoms with Crippen LogP contribution in [0.1, 0.15) is 39.1 Å². The van der Waals surface area contributed by atoms with Crippen molar-refractivity contribution in [2.75, 3.05) is 12.3 Å². The minimum Gasteiger partial charge on any atom is -0.478 e. The van der Waals surface area contributed by atoms with Crippen LogP contribution in [0.15, 0.2) is 48.5 Å². The van der Waals surface area contributed by atoms with Crippen molar-refractivity contribution in [2.24, 2.45) is 5.73 Å². The van der Waals surface area contributed by atoms with Gasteiger partial charge in [-0.3, -0.25) is 0 Å². The highest BCUT2D eigenvalue weighted by Gasteiger charge is 2.26. The van der Waals surface area contributed by atoms with E-state index in [0.717, 1.165) is 12.0 Å². The fraction of sp³-hybridized carbons (Fsp3) is 0.182. The van der Waals surface area contributed by atoms with Gasteiger partial charge in [-0.2, -0.15) is 0 Å². The zero-order valence-electron chi connectivity index (χ0n) is 15.3. The van der Waals surface area contributed by atoms with Gasteiger partial charge in [0.2, 0.25) is 0 Å². The van der Waals surface area contributed by atoms with Crippen molar-refractivity contribution < 1.29 is 19.8 Å². The molecular weight excluding hydrogens is 356 g/mol. The fourth-order valence-corrected chi connectivity index (χ4v) is 3.66. The number of unbranched alkanes of at least 4 members (excludes halogenated alkanes) is 1. The van der Waals surface area contributed by atoms with Crippen LogP contribution >= 0.6 is 0 Å². The molecule has 0 aliphatic rings. The Morgan fingerprint density at radius 2 is 1.61 bits per heavy atom. The van der Waals surface area contributed by atoms with Gasteiger partial charge in [-0.25, -0.2) is 9.59 Å². The summed E-state index contributed by atoms with van der Waals surface area (Å²) in [6.07, 6.45) is 1.85. The van der Waals surface area contributed by atoms with Crippen LogP contribution in [0, 0.1) is 0 Å². The summed E-state index contributed by atoms with van der Waals surface area (Å²) in [7, 11) is 0. The summed E-state index contributed by atoms with van der Waals surface area (Å²) in [6, 6.07) is 14.0. The molecule has 0 aliphatic heterocycles. The molecule has 0 heterocycles. The number of nitrogens with two attached hydrogens (primary N) is 2. The van der Waals surface area contributed by atoms with Gasteiger partial charge in [0.25, 0.3) is 0 Å². The van der Waals surface area contributed by atoms with Crippen LogP contribution in [0.5, 0.6) is 0 Å². The van der Waals surface area contributed by atoms with E-state index in [9.17, 15) is 19.8 Å². The van der Waals surface area contributed by atoms with E-state index in [2.05, 4.69) is 0 Å². The molecule has 0 saturated carbocycles. The average Bonchev–Trinajstić information content (AvgIpc) is 2.68. The quantitative estimate of drug-likeness (QED) is 0.366. The van der Waals surface area contributed by atoms with Gasteiger partial charge in [0.05, 0.1) is 11.1 Å². The number of fused-ring (bicyclic) bond motifs is 1. The largest absolute Gasteiger partial charge is 0.478 e. The van der Waals surface area contributed by atoms with E-state index in [1.54, 1.807) is 12.1 Å². The normalized spacial score (nSPS) is 10.9. The van der Waals surface area contributed by atoms with Crippen molar-refractivity contribution in [1.82, 2.24) is 0 Å². The predicted molar refractivity (Wildman–Crippen MR) is 110 cm³/mol. The van der Waals surface area contributed by atoms with Crippen molar-refractivity contribution in [1.29, 1.82) is 0 Å². The maximum atomic E-state index is 12.3. The van der Waals surface area contributed by atoms with Crippen LogP contribution in [-0.4, -0.2) is 28.7 Å². The lowest BCUT2D eigenvalue weighted by Gasteiger charge is -2.20. The Morgan fingerprint density at radius 3 is 2.21 bits per heavy atom. The molecule has 0 aromatic heterocycles. The first-order chi connectivity index (χ1) is 13.5. The molecule has 144 valence electrons. The Hall–Kier alpha value is -3.38. The number of nitrogen functional groups attached to an aromatic ring is 1. The van der Waals surface area contributed by atoms with Crippen molar-refractivity contribution >= 4 is 28.4 Å². The third kappa shape index (κ3) is 3.42. The van der Waals surface area contributed by atoms with Gasteiger partial charge < -0.3 is 21.7 Å². The predicted octanol–water partition coefficient (Wildman–Crippen LogP) is 3.77. The van der Waals surface area contributed by atoms with Gasteiger partial charge in [-0.1, -0.05) is 42.5 Å². The first-order valence-corrected chi connectivity index (χ1v) is 9.06. The lowest BCUT2D eigenvalue weighted by molar-refractivity contribution is 0.0694. The number of rotatable bonds is 7. The minimum atomic E-state index is -1.19. The molecule has 0 bridgehead atoms. The van der Waals surface area contributed by atoms with Crippen molar-refractivity contribution in [3.05, 3.63) is 65.2 Å². The van der Waals surface area contributed by atoms with Crippen LogP contribution in [-0.2, 0) is 6.42 Å². The number of benzene rings is 3. The summed E-state index contributed by atoms with van der Waals surface area (Å²) in [5.74, 6) is -2.36. The molecule has 3 aromatic rings. The van der Waals surface area contributed by atoms with Gasteiger partial charge in [-0.15, -0.1) is 0 Å². The molecule has 0 aliphatic carbocycles. The van der Waals surface area contributed by atoms with Gasteiger partial charge in [-0.05, 0) is 43.0 Å². The molecule has 6 N–H and O–H groups in total. The zero-order valence-corrected chi connectivity index (χ0v) is 15.3. The third-order valence-electron chi connectivity index (χ3n) is 4.87. The van der Waals surface area contributed by atoms with E-state index in [1.807, 2.05) is 30.3 Å². The second kappa shape index (κ2) is 8.10. The van der Waals surface area contributed by atoms with Crippen LogP contribution in [0.3, 0.4) is 0 Å². The summed E-state index contributed by atoms with van der Waals surface area (Å²) >= 11 is 0. The van der Waals surface area contributed by atoms with Crippen molar-refractivity contribution in [3.63, 3.8) is 0 Å². The Labute approximate surface area is 162 Å². The minimum absolute atomic E-state index is 0.00178. The first kappa shape index (κ1) is 19.4. The third-order valence-corrected chi connectivity index (χ3v) is 4.87. The number of carbonyl (C=O) groups is 2. The molecule has 3 aromatic carbocycles. The molecule has 0 atom stereocenters. The second-order valence-electron chi connectivity index (χ2n) is 6.59. The van der Waals surface area contributed by atoms with Gasteiger partial charge in [0.15, 0.2) is 0 Å². The van der Waals surface area contributed by atoms with Gasteiger partial charge in [0.1, 0.15) is 0 Å². The first-order valence-electron chi connectivity index (χ1n) is 9.06. The SMILES string of the molecule is NCCCCc1c(-c2ccccc2)c(N)c2cccc(C(=O)O)c2c1C(=O)O. The van der Waals surface area contributed by atoms with Crippen molar-refractivity contribution in [2.45, 2.75) is 19.3 Å². The molecule has 0 amide bonds. The summed E-state index contributed by atoms with van der Waals surface area (Å²) in [5, 5.41) is 20.2. The van der Waals surface area contributed by atoms with E-state index in [1.165, 1.54) is 6.07 Å². The zero-order chi connectivity index (χ0) is 20.3. The monoisotopic (exact) mass is 378 g/mol. The second-order valence-corrected chi connectivity index (χ2v) is 6.59. The molecule has 0 saturated heterocycles. The van der Waals surface area contributed by atoms with E-state index in [-0.39, 0.29) is 16.5 Å². The molecule has 0 fully saturated rings. The lowest BCUT2D eigenvalue weighted by atomic mass is 9.84. The molecule has 0 radical (unpaired) electrons. The molecular formula is C22H22N2O4. The standard InChI is InChI=1S/C22H22N2O4/c23-12-5-4-9-14-17(13-7-2-1-3-8-13)20(24)15-10-6-11-16(21(25)26)18(15)19(14)22(27)28/h1-3,6-8,10-11H,4-5,9,12,23-24H2,(H,25,26)(H,27,28). The molecule has 6 heteroatoms. The molecule has 0 spiro atoms. The van der Waals surface area contributed by atoms with E-state index in [0.29, 0.717) is 41.6 Å². The highest BCUT2D eigenvalue weighted by Crippen LogP contribution is 2.41. The Kier molecular flexibility index (Phi) is 5.61. The van der Waals surface area contributed by atoms with E-state index < -0.39 is 11.9 Å². The molecule has 3 rings (SSSR count). The number of hydrogen-bond acceptors (Lipinski definition) is 4. The summed E-state index contributed by atoms with van der Waals surface area (Å²) in [5.41, 5.74) is 14.4. The number of carboxylic acids is 2. The highest BCUT2D eigenvalue weighted by atomic mass is 16.4. The van der Waals surface area contributed by atoms with E-state index in [4.69, 9.17) is 11.5 Å². The number of aromatic carboxylic acids is 2. The Morgan fingerprint density at radius 1 is 0.893 bits per heavy atom. The fourth-order valence-electron chi connectivity index (χ4n) is 3.66. The van der Waals surface area contributed by atoms with E-state index >= 15 is 0 Å². The topological polar surface area (TPSA) is 127 Å². The number of carboxylic acid groups (broad SMARTS) is 2. The van der Waals surface area contributed by atoms with Gasteiger partial charge >= 0.3 is 11.9 Å². The van der Waals surface area contributed by atoms with Gasteiger partial charge in [0, 0.05) is 22.0 Å². The molecule has 6 nitrogen and oxygen atoms in total. The summed E-state index contributed by atoms with van der Waals surface area (Å²) < 4.78 is 0. The number of anilines is 1. The lowest BCUT2D eigenvalue weighted by Crippen LogP contribution is -2.12. The highest BCUT2D eigenvalue weighted by molar-refractivity contribution is 6.19. The van der Waals surface area contributed by atoms with Crippen LogP contribution in [0.2, 0.25) is 0 Å². The average molecular weight is 378 g/mol. The Balaban J connectivity index is 2.47. The van der Waals surface area contributed by atoms with Crippen molar-refractivity contribution in [3.8, 4) is 11.1 Å². The molecule has 0 unspecified atom stereocenters. The molecule has 28 heavy (non-hydrogen) atoms.